The van der Waals surface area contributed by atoms with Crippen LogP contribution >= 0.6 is 0 Å². The Labute approximate surface area is 284 Å². The molecule has 0 aliphatic heterocycles. The number of benzene rings is 6. The van der Waals surface area contributed by atoms with Gasteiger partial charge < -0.3 is 0 Å². The van der Waals surface area contributed by atoms with Crippen molar-refractivity contribution >= 4 is 0 Å². The Bertz CT molecular complexity index is 2440. The first kappa shape index (κ1) is 28.6. The maximum atomic E-state index is 5.13. The molecule has 0 fully saturated rings. The molecule has 6 aromatic carbocycles. The predicted octanol–water partition coefficient (Wildman–Crippen LogP) is 9.45. The van der Waals surface area contributed by atoms with Gasteiger partial charge in [-0.15, -0.1) is 0 Å². The highest BCUT2D eigenvalue weighted by molar-refractivity contribution is 5.76. The van der Waals surface area contributed by atoms with Gasteiger partial charge in [0.1, 0.15) is 5.69 Å². The van der Waals surface area contributed by atoms with Gasteiger partial charge in [0.15, 0.2) is 23.7 Å². The fourth-order valence-electron chi connectivity index (χ4n) is 6.64. The van der Waals surface area contributed by atoms with Crippen LogP contribution in [-0.2, 0) is 6.42 Å². The number of fused-ring (bicyclic) bond motifs is 3. The van der Waals surface area contributed by atoms with Crippen molar-refractivity contribution in [3.63, 3.8) is 0 Å². The lowest BCUT2D eigenvalue weighted by atomic mass is 10.0. The van der Waals surface area contributed by atoms with E-state index in [4.69, 9.17) is 19.9 Å². The van der Waals surface area contributed by atoms with Gasteiger partial charge in [-0.05, 0) is 33.9 Å². The molecule has 1 aliphatic carbocycles. The van der Waals surface area contributed by atoms with Gasteiger partial charge >= 0.3 is 0 Å². The molecule has 9 rings (SSSR count). The summed E-state index contributed by atoms with van der Waals surface area (Å²) in [6.45, 7) is 0. The van der Waals surface area contributed by atoms with Crippen LogP contribution in [0.5, 0.6) is 0 Å². The maximum absolute atomic E-state index is 5.13. The van der Waals surface area contributed by atoms with E-state index in [1.165, 1.54) is 22.4 Å². The Kier molecular flexibility index (Phi) is 7.13. The topological polar surface area (TPSA) is 55.4 Å². The van der Waals surface area contributed by atoms with Crippen molar-refractivity contribution in [2.24, 2.45) is 0 Å². The third-order valence-electron chi connectivity index (χ3n) is 9.09. The first-order chi connectivity index (χ1) is 24.3. The Morgan fingerprint density at radius 1 is 0.429 bits per heavy atom. The summed E-state index contributed by atoms with van der Waals surface area (Å²) in [6, 6.07) is 54.6. The molecule has 1 aliphatic rings. The van der Waals surface area contributed by atoms with Gasteiger partial charge in [0.25, 0.3) is 0 Å². The molecule has 0 saturated heterocycles. The molecule has 8 aromatic rings. The summed E-state index contributed by atoms with van der Waals surface area (Å²) in [6.07, 6.45) is 4.77. The number of nitrogens with zero attached hydrogens (tertiary/aromatic N) is 5. The molecule has 0 unspecified atom stereocenters. The summed E-state index contributed by atoms with van der Waals surface area (Å²) in [5, 5.41) is 0. The second kappa shape index (κ2) is 12.2. The van der Waals surface area contributed by atoms with Crippen LogP contribution in [0.4, 0.5) is 0 Å². The van der Waals surface area contributed by atoms with Crippen molar-refractivity contribution in [3.05, 3.63) is 181 Å². The smallest absolute Gasteiger partial charge is 0.218 e. The number of aromatic nitrogens is 5. The average molecular weight is 629 g/mol. The van der Waals surface area contributed by atoms with Gasteiger partial charge in [0.05, 0.1) is 12.6 Å². The zero-order valence-electron chi connectivity index (χ0n) is 26.6. The van der Waals surface area contributed by atoms with Gasteiger partial charge in [-0.25, -0.2) is 19.9 Å². The van der Waals surface area contributed by atoms with E-state index in [-0.39, 0.29) is 0 Å². The average Bonchev–Trinajstić information content (AvgIpc) is 3.58. The minimum Gasteiger partial charge on any atom is -0.243 e. The third-order valence-corrected chi connectivity index (χ3v) is 9.09. The molecule has 0 spiro atoms. The van der Waals surface area contributed by atoms with Gasteiger partial charge in [-0.1, -0.05) is 140 Å². The molecular weight excluding hydrogens is 599 g/mol. The Morgan fingerprint density at radius 2 is 0.918 bits per heavy atom. The molecule has 0 saturated carbocycles. The predicted molar refractivity (Wildman–Crippen MR) is 195 cm³/mol. The van der Waals surface area contributed by atoms with Crippen LogP contribution in [0.1, 0.15) is 11.3 Å². The van der Waals surface area contributed by atoms with Crippen molar-refractivity contribution in [1.29, 1.82) is 0 Å². The SMILES string of the molecule is c1ccc(-c2ccc(-c3nc(-c4ccccc4)nc(-c4cc(-c5ccccc5)cc(-[n+]5ccnc6c5Cc5ccccc5-6)c4)n3)cc2)cc1. The van der Waals surface area contributed by atoms with E-state index in [1.54, 1.807) is 0 Å². The summed E-state index contributed by atoms with van der Waals surface area (Å²) in [5.41, 5.74) is 13.0. The third kappa shape index (κ3) is 5.47. The van der Waals surface area contributed by atoms with Gasteiger partial charge in [0.2, 0.25) is 11.4 Å². The molecule has 49 heavy (non-hydrogen) atoms. The van der Waals surface area contributed by atoms with Crippen LogP contribution in [0.2, 0.25) is 0 Å². The fraction of sp³-hybridized carbons (Fsp3) is 0.0227. The highest BCUT2D eigenvalue weighted by Gasteiger charge is 2.29. The second-order valence-electron chi connectivity index (χ2n) is 12.2. The molecular formula is C44H30N5+. The Hall–Kier alpha value is -6.59. The van der Waals surface area contributed by atoms with Crippen LogP contribution < -0.4 is 4.57 Å². The van der Waals surface area contributed by atoms with E-state index < -0.39 is 0 Å². The normalized spacial score (nSPS) is 11.6. The quantitative estimate of drug-likeness (QED) is 0.172. The van der Waals surface area contributed by atoms with Crippen LogP contribution in [0.3, 0.4) is 0 Å². The van der Waals surface area contributed by atoms with Crippen LogP contribution in [0.15, 0.2) is 170 Å². The van der Waals surface area contributed by atoms with Crippen molar-refractivity contribution in [3.8, 4) is 73.4 Å². The van der Waals surface area contributed by atoms with Crippen molar-refractivity contribution < 1.29 is 4.57 Å². The zero-order chi connectivity index (χ0) is 32.6. The van der Waals surface area contributed by atoms with Crippen molar-refractivity contribution in [1.82, 2.24) is 19.9 Å². The van der Waals surface area contributed by atoms with Crippen LogP contribution in [0.25, 0.3) is 73.4 Å². The largest absolute Gasteiger partial charge is 0.243 e. The summed E-state index contributed by atoms with van der Waals surface area (Å²) < 4.78 is 2.26. The van der Waals surface area contributed by atoms with Crippen molar-refractivity contribution in [2.75, 3.05) is 0 Å². The highest BCUT2D eigenvalue weighted by atomic mass is 15.0. The molecule has 0 bridgehead atoms. The first-order valence-electron chi connectivity index (χ1n) is 16.4. The van der Waals surface area contributed by atoms with E-state index in [9.17, 15) is 0 Å². The molecule has 0 atom stereocenters. The lowest BCUT2D eigenvalue weighted by Gasteiger charge is -2.11. The van der Waals surface area contributed by atoms with E-state index in [1.807, 2.05) is 48.7 Å². The Balaban J connectivity index is 1.22. The van der Waals surface area contributed by atoms with Crippen LogP contribution in [0, 0.1) is 0 Å². The lowest BCUT2D eigenvalue weighted by molar-refractivity contribution is -0.603. The molecule has 0 amide bonds. The molecule has 2 heterocycles. The first-order valence-corrected chi connectivity index (χ1v) is 16.4. The molecule has 0 N–H and O–H groups in total. The lowest BCUT2D eigenvalue weighted by Crippen LogP contribution is -2.35. The monoisotopic (exact) mass is 628 g/mol. The number of hydrogen-bond acceptors (Lipinski definition) is 4. The fourth-order valence-corrected chi connectivity index (χ4v) is 6.64. The zero-order valence-corrected chi connectivity index (χ0v) is 26.6. The van der Waals surface area contributed by atoms with Gasteiger partial charge in [0, 0.05) is 34.4 Å². The molecule has 0 radical (unpaired) electrons. The van der Waals surface area contributed by atoms with E-state index in [2.05, 4.69) is 126 Å². The standard InChI is InChI=1S/C44H30N5/c1-4-12-30(13-5-1)32-20-22-34(23-21-32)43-46-42(33-16-8-3-9-17-33)47-44(48-43)37-26-36(31-14-6-2-7-15-31)27-38(28-37)49-25-24-45-41-39-19-11-10-18-35(39)29-40(41)49/h1-28H,29H2/q+1. The molecule has 5 nitrogen and oxygen atoms in total. The van der Waals surface area contributed by atoms with Gasteiger partial charge in [-0.2, -0.15) is 4.57 Å². The summed E-state index contributed by atoms with van der Waals surface area (Å²) in [7, 11) is 0. The van der Waals surface area contributed by atoms with Gasteiger partial charge in [-0.3, -0.25) is 0 Å². The minimum atomic E-state index is 0.615. The number of rotatable bonds is 6. The number of hydrogen-bond donors (Lipinski definition) is 0. The molecule has 230 valence electrons. The van der Waals surface area contributed by atoms with Crippen LogP contribution in [-0.4, -0.2) is 19.9 Å². The molecule has 5 heteroatoms. The summed E-state index contributed by atoms with van der Waals surface area (Å²) >= 11 is 0. The minimum absolute atomic E-state index is 0.615. The van der Waals surface area contributed by atoms with E-state index in [0.717, 1.165) is 51.2 Å². The molecule has 2 aromatic heterocycles. The van der Waals surface area contributed by atoms with E-state index in [0.29, 0.717) is 17.5 Å². The summed E-state index contributed by atoms with van der Waals surface area (Å²) in [4.78, 5) is 20.0. The van der Waals surface area contributed by atoms with E-state index >= 15 is 0 Å². The highest BCUT2D eigenvalue weighted by Crippen LogP contribution is 2.35. The summed E-state index contributed by atoms with van der Waals surface area (Å²) in [5.74, 6) is 1.87. The maximum Gasteiger partial charge on any atom is 0.218 e. The second-order valence-corrected chi connectivity index (χ2v) is 12.2. The Morgan fingerprint density at radius 3 is 1.59 bits per heavy atom. The van der Waals surface area contributed by atoms with Crippen molar-refractivity contribution in [2.45, 2.75) is 6.42 Å².